The highest BCUT2D eigenvalue weighted by molar-refractivity contribution is 9.10. The molecule has 0 spiro atoms. The van der Waals surface area contributed by atoms with Gasteiger partial charge in [-0.15, -0.1) is 0 Å². The summed E-state index contributed by atoms with van der Waals surface area (Å²) < 4.78 is 13.1. The predicted molar refractivity (Wildman–Crippen MR) is 48.2 cm³/mol. The van der Waals surface area contributed by atoms with E-state index in [4.69, 9.17) is 5.26 Å². The molecule has 4 heteroatoms. The summed E-state index contributed by atoms with van der Waals surface area (Å²) in [5, 5.41) is 11.1. The lowest BCUT2D eigenvalue weighted by Gasteiger charge is -2.01. The van der Waals surface area contributed by atoms with E-state index in [-0.39, 0.29) is 12.4 Å². The highest BCUT2D eigenvalue weighted by atomic mass is 79.9. The summed E-state index contributed by atoms with van der Waals surface area (Å²) in [6, 6.07) is 6.44. The molecule has 1 N–H and O–H groups in total. The van der Waals surface area contributed by atoms with Gasteiger partial charge in [0.25, 0.3) is 0 Å². The Morgan fingerprint density at radius 3 is 2.92 bits per heavy atom. The quantitative estimate of drug-likeness (QED) is 0.791. The third-order valence-corrected chi connectivity index (χ3v) is 1.90. The van der Waals surface area contributed by atoms with Gasteiger partial charge >= 0.3 is 0 Å². The SMILES string of the molecule is N#CCNc1ccc(F)c(Br)c1. The Morgan fingerprint density at radius 1 is 1.58 bits per heavy atom. The van der Waals surface area contributed by atoms with Gasteiger partial charge in [0, 0.05) is 5.69 Å². The Morgan fingerprint density at radius 2 is 2.33 bits per heavy atom. The molecule has 0 saturated heterocycles. The van der Waals surface area contributed by atoms with E-state index in [0.717, 1.165) is 5.69 Å². The molecule has 0 heterocycles. The minimum Gasteiger partial charge on any atom is -0.372 e. The summed E-state index contributed by atoms with van der Waals surface area (Å²) in [6.07, 6.45) is 0. The molecule has 12 heavy (non-hydrogen) atoms. The Bertz CT molecular complexity index is 319. The van der Waals surface area contributed by atoms with Crippen molar-refractivity contribution in [3.63, 3.8) is 0 Å². The van der Waals surface area contributed by atoms with Crippen molar-refractivity contribution >= 4 is 21.6 Å². The molecule has 0 aliphatic rings. The average molecular weight is 229 g/mol. The van der Waals surface area contributed by atoms with Crippen molar-refractivity contribution in [2.75, 3.05) is 11.9 Å². The van der Waals surface area contributed by atoms with Gasteiger partial charge in [0.15, 0.2) is 0 Å². The molecule has 0 bridgehead atoms. The van der Waals surface area contributed by atoms with Crippen LogP contribution in [0.15, 0.2) is 22.7 Å². The minimum atomic E-state index is -0.308. The smallest absolute Gasteiger partial charge is 0.137 e. The van der Waals surface area contributed by atoms with Crippen LogP contribution in [0.4, 0.5) is 10.1 Å². The molecule has 0 fully saturated rings. The molecule has 0 saturated carbocycles. The van der Waals surface area contributed by atoms with E-state index in [0.29, 0.717) is 4.47 Å². The first kappa shape index (κ1) is 9.01. The van der Waals surface area contributed by atoms with Crippen LogP contribution >= 0.6 is 15.9 Å². The number of nitrogens with zero attached hydrogens (tertiary/aromatic N) is 1. The molecule has 0 atom stereocenters. The Balaban J connectivity index is 2.77. The van der Waals surface area contributed by atoms with E-state index in [1.807, 2.05) is 6.07 Å². The van der Waals surface area contributed by atoms with Gasteiger partial charge in [0.2, 0.25) is 0 Å². The van der Waals surface area contributed by atoms with E-state index in [1.165, 1.54) is 6.07 Å². The van der Waals surface area contributed by atoms with Gasteiger partial charge < -0.3 is 5.32 Å². The number of benzene rings is 1. The number of rotatable bonds is 2. The molecule has 1 rings (SSSR count). The second-order valence-electron chi connectivity index (χ2n) is 2.14. The van der Waals surface area contributed by atoms with Gasteiger partial charge in [-0.1, -0.05) is 0 Å². The zero-order chi connectivity index (χ0) is 8.97. The van der Waals surface area contributed by atoms with Crippen molar-refractivity contribution in [1.29, 1.82) is 5.26 Å². The normalized spacial score (nSPS) is 9.08. The Hall–Kier alpha value is -1.08. The largest absolute Gasteiger partial charge is 0.372 e. The summed E-state index contributed by atoms with van der Waals surface area (Å²) in [7, 11) is 0. The van der Waals surface area contributed by atoms with E-state index >= 15 is 0 Å². The molecule has 0 radical (unpaired) electrons. The molecule has 1 aromatic rings. The fourth-order valence-electron chi connectivity index (χ4n) is 0.748. The fraction of sp³-hybridized carbons (Fsp3) is 0.125. The maximum Gasteiger partial charge on any atom is 0.137 e. The van der Waals surface area contributed by atoms with Crippen molar-refractivity contribution in [3.05, 3.63) is 28.5 Å². The van der Waals surface area contributed by atoms with Crippen molar-refractivity contribution in [3.8, 4) is 6.07 Å². The molecule has 0 amide bonds. The molecule has 0 aliphatic heterocycles. The molecule has 0 aromatic heterocycles. The Kier molecular flexibility index (Phi) is 3.06. The molecule has 62 valence electrons. The summed E-state index contributed by atoms with van der Waals surface area (Å²) in [5.74, 6) is -0.308. The van der Waals surface area contributed by atoms with Gasteiger partial charge in [0.05, 0.1) is 10.5 Å². The van der Waals surface area contributed by atoms with Crippen LogP contribution in [-0.2, 0) is 0 Å². The molecular formula is C8H6BrFN2. The minimum absolute atomic E-state index is 0.220. The fourth-order valence-corrected chi connectivity index (χ4v) is 1.13. The lowest BCUT2D eigenvalue weighted by Crippen LogP contribution is -1.98. The van der Waals surface area contributed by atoms with Crippen LogP contribution in [0.25, 0.3) is 0 Å². The first-order chi connectivity index (χ1) is 5.74. The highest BCUT2D eigenvalue weighted by Gasteiger charge is 1.98. The molecule has 1 aromatic carbocycles. The predicted octanol–water partition coefficient (Wildman–Crippen LogP) is 2.52. The monoisotopic (exact) mass is 228 g/mol. The lowest BCUT2D eigenvalue weighted by molar-refractivity contribution is 0.621. The maximum atomic E-state index is 12.7. The second-order valence-corrected chi connectivity index (χ2v) is 2.99. The van der Waals surface area contributed by atoms with E-state index < -0.39 is 0 Å². The van der Waals surface area contributed by atoms with Gasteiger partial charge in [0.1, 0.15) is 12.4 Å². The summed E-state index contributed by atoms with van der Waals surface area (Å²) in [6.45, 7) is 0.220. The van der Waals surface area contributed by atoms with Crippen LogP contribution in [-0.4, -0.2) is 6.54 Å². The Labute approximate surface area is 78.1 Å². The summed E-state index contributed by atoms with van der Waals surface area (Å²) in [4.78, 5) is 0. The molecule has 0 aliphatic carbocycles. The van der Waals surface area contributed by atoms with Crippen molar-refractivity contribution in [2.24, 2.45) is 0 Å². The van der Waals surface area contributed by atoms with Gasteiger partial charge in [-0.3, -0.25) is 0 Å². The van der Waals surface area contributed by atoms with Gasteiger partial charge in [-0.25, -0.2) is 4.39 Å². The zero-order valence-electron chi connectivity index (χ0n) is 6.14. The van der Waals surface area contributed by atoms with Crippen molar-refractivity contribution < 1.29 is 4.39 Å². The maximum absolute atomic E-state index is 12.7. The van der Waals surface area contributed by atoms with Crippen LogP contribution in [0.2, 0.25) is 0 Å². The van der Waals surface area contributed by atoms with Crippen LogP contribution in [0.1, 0.15) is 0 Å². The van der Waals surface area contributed by atoms with Crippen molar-refractivity contribution in [1.82, 2.24) is 0 Å². The van der Waals surface area contributed by atoms with Gasteiger partial charge in [-0.05, 0) is 34.1 Å². The second kappa shape index (κ2) is 4.07. The number of hydrogen-bond acceptors (Lipinski definition) is 2. The number of nitriles is 1. The number of halogens is 2. The van der Waals surface area contributed by atoms with E-state index in [9.17, 15) is 4.39 Å². The van der Waals surface area contributed by atoms with Gasteiger partial charge in [-0.2, -0.15) is 5.26 Å². The summed E-state index contributed by atoms with van der Waals surface area (Å²) >= 11 is 3.04. The lowest BCUT2D eigenvalue weighted by atomic mass is 10.3. The third kappa shape index (κ3) is 2.21. The zero-order valence-corrected chi connectivity index (χ0v) is 7.73. The van der Waals surface area contributed by atoms with Crippen LogP contribution in [0, 0.1) is 17.1 Å². The van der Waals surface area contributed by atoms with Crippen LogP contribution in [0.5, 0.6) is 0 Å². The van der Waals surface area contributed by atoms with E-state index in [1.54, 1.807) is 12.1 Å². The molecular weight excluding hydrogens is 223 g/mol. The third-order valence-electron chi connectivity index (χ3n) is 1.29. The first-order valence-corrected chi connectivity index (χ1v) is 4.09. The topological polar surface area (TPSA) is 35.8 Å². The molecule has 2 nitrogen and oxygen atoms in total. The number of hydrogen-bond donors (Lipinski definition) is 1. The van der Waals surface area contributed by atoms with Crippen LogP contribution < -0.4 is 5.32 Å². The number of nitrogens with one attached hydrogen (secondary N) is 1. The molecule has 0 unspecified atom stereocenters. The van der Waals surface area contributed by atoms with E-state index in [2.05, 4.69) is 21.2 Å². The van der Waals surface area contributed by atoms with Crippen molar-refractivity contribution in [2.45, 2.75) is 0 Å². The summed E-state index contributed by atoms with van der Waals surface area (Å²) in [5.41, 5.74) is 0.727. The highest BCUT2D eigenvalue weighted by Crippen LogP contribution is 2.19. The number of anilines is 1. The van der Waals surface area contributed by atoms with Crippen LogP contribution in [0.3, 0.4) is 0 Å². The average Bonchev–Trinajstić information content (AvgIpc) is 2.07. The first-order valence-electron chi connectivity index (χ1n) is 3.30. The standard InChI is InChI=1S/C8H6BrFN2/c9-7-5-6(12-4-3-11)1-2-8(7)10/h1-2,5,12H,4H2.